The highest BCUT2D eigenvalue weighted by molar-refractivity contribution is 9.10. The molecular weight excluding hydrogens is 312 g/mol. The van der Waals surface area contributed by atoms with E-state index >= 15 is 0 Å². The number of hydrogen-bond acceptors (Lipinski definition) is 1. The highest BCUT2D eigenvalue weighted by Crippen LogP contribution is 2.28. The Morgan fingerprint density at radius 1 is 1.11 bits per heavy atom. The molecule has 0 aromatic heterocycles. The molecule has 1 atom stereocenters. The van der Waals surface area contributed by atoms with Gasteiger partial charge in [-0.05, 0) is 53.5 Å². The quantitative estimate of drug-likeness (QED) is 0.816. The van der Waals surface area contributed by atoms with Crippen LogP contribution in [0.25, 0.3) is 0 Å². The minimum absolute atomic E-state index is 0.251. The predicted octanol–water partition coefficient (Wildman–Crippen LogP) is 5.21. The lowest BCUT2D eigenvalue weighted by Crippen LogP contribution is -2.09. The predicted molar refractivity (Wildman–Crippen MR) is 77.3 cm³/mol. The number of hydrogen-bond donors (Lipinski definition) is 1. The Hall–Kier alpha value is -1.42. The molecule has 0 spiro atoms. The summed E-state index contributed by atoms with van der Waals surface area (Å²) < 4.78 is 27.5. The minimum atomic E-state index is -0.565. The summed E-state index contributed by atoms with van der Waals surface area (Å²) in [7, 11) is 0. The van der Waals surface area contributed by atoms with Crippen molar-refractivity contribution >= 4 is 21.6 Å². The van der Waals surface area contributed by atoms with Gasteiger partial charge >= 0.3 is 0 Å². The number of anilines is 1. The molecule has 0 radical (unpaired) electrons. The van der Waals surface area contributed by atoms with Crippen LogP contribution in [0.3, 0.4) is 0 Å². The van der Waals surface area contributed by atoms with E-state index in [9.17, 15) is 8.78 Å². The van der Waals surface area contributed by atoms with Gasteiger partial charge in [-0.1, -0.05) is 12.1 Å². The lowest BCUT2D eigenvalue weighted by Gasteiger charge is -2.18. The van der Waals surface area contributed by atoms with Gasteiger partial charge in [-0.15, -0.1) is 0 Å². The van der Waals surface area contributed by atoms with Crippen LogP contribution in [-0.2, 0) is 0 Å². The maximum Gasteiger partial charge on any atom is 0.131 e. The van der Waals surface area contributed by atoms with Crippen LogP contribution in [0, 0.1) is 18.6 Å². The van der Waals surface area contributed by atoms with E-state index in [0.717, 1.165) is 21.8 Å². The van der Waals surface area contributed by atoms with Crippen LogP contribution in [0.4, 0.5) is 14.5 Å². The number of benzene rings is 2. The summed E-state index contributed by atoms with van der Waals surface area (Å²) in [4.78, 5) is 0. The van der Waals surface area contributed by atoms with Gasteiger partial charge in [-0.3, -0.25) is 0 Å². The van der Waals surface area contributed by atoms with Crippen LogP contribution in [0.1, 0.15) is 24.1 Å². The van der Waals surface area contributed by atoms with Crippen molar-refractivity contribution in [2.75, 3.05) is 5.32 Å². The van der Waals surface area contributed by atoms with Gasteiger partial charge < -0.3 is 5.32 Å². The third-order valence-electron chi connectivity index (χ3n) is 2.92. The van der Waals surface area contributed by atoms with Crippen molar-refractivity contribution in [3.8, 4) is 0 Å². The fourth-order valence-electron chi connectivity index (χ4n) is 1.91. The molecule has 0 heterocycles. The van der Waals surface area contributed by atoms with Gasteiger partial charge in [-0.25, -0.2) is 8.78 Å². The second-order valence-electron chi connectivity index (χ2n) is 4.52. The van der Waals surface area contributed by atoms with Gasteiger partial charge in [0.2, 0.25) is 0 Å². The molecule has 0 aliphatic carbocycles. The molecule has 100 valence electrons. The average molecular weight is 326 g/mol. The van der Waals surface area contributed by atoms with Crippen molar-refractivity contribution in [1.29, 1.82) is 0 Å². The summed E-state index contributed by atoms with van der Waals surface area (Å²) in [6, 6.07) is 9.28. The van der Waals surface area contributed by atoms with Crippen molar-refractivity contribution < 1.29 is 8.78 Å². The van der Waals surface area contributed by atoms with E-state index in [4.69, 9.17) is 0 Å². The molecule has 1 unspecified atom stereocenters. The van der Waals surface area contributed by atoms with E-state index in [1.165, 1.54) is 12.1 Å². The first kappa shape index (κ1) is 14.0. The van der Waals surface area contributed by atoms with Crippen LogP contribution in [0.2, 0.25) is 0 Å². The van der Waals surface area contributed by atoms with Crippen molar-refractivity contribution in [2.24, 2.45) is 0 Å². The molecule has 0 bridgehead atoms. The summed E-state index contributed by atoms with van der Waals surface area (Å²) >= 11 is 3.45. The molecule has 0 aliphatic heterocycles. The van der Waals surface area contributed by atoms with Crippen molar-refractivity contribution in [3.63, 3.8) is 0 Å². The van der Waals surface area contributed by atoms with Gasteiger partial charge in [0.25, 0.3) is 0 Å². The van der Waals surface area contributed by atoms with Crippen LogP contribution in [0.15, 0.2) is 40.9 Å². The van der Waals surface area contributed by atoms with Gasteiger partial charge in [-0.2, -0.15) is 0 Å². The Morgan fingerprint density at radius 2 is 1.84 bits per heavy atom. The van der Waals surface area contributed by atoms with Crippen LogP contribution in [-0.4, -0.2) is 0 Å². The molecule has 0 aliphatic rings. The third-order valence-corrected chi connectivity index (χ3v) is 3.61. The van der Waals surface area contributed by atoms with Gasteiger partial charge in [0.05, 0.1) is 6.04 Å². The zero-order chi connectivity index (χ0) is 14.0. The lowest BCUT2D eigenvalue weighted by molar-refractivity contribution is 0.566. The first-order valence-electron chi connectivity index (χ1n) is 5.95. The molecule has 0 fully saturated rings. The molecule has 1 nitrogen and oxygen atoms in total. The summed E-state index contributed by atoms with van der Waals surface area (Å²) in [6.07, 6.45) is 0. The Bertz CT molecular complexity index is 599. The molecule has 4 heteroatoms. The number of halogens is 3. The maximum atomic E-state index is 13.7. The second-order valence-corrected chi connectivity index (χ2v) is 5.37. The summed E-state index contributed by atoms with van der Waals surface area (Å²) in [5, 5.41) is 3.22. The SMILES string of the molecule is Cc1ccc(Br)c(NC(C)c2ccc(F)cc2F)c1. The highest BCUT2D eigenvalue weighted by atomic mass is 79.9. The third kappa shape index (κ3) is 3.32. The van der Waals surface area contributed by atoms with Gasteiger partial charge in [0.1, 0.15) is 11.6 Å². The fourth-order valence-corrected chi connectivity index (χ4v) is 2.27. The van der Waals surface area contributed by atoms with E-state index < -0.39 is 11.6 Å². The minimum Gasteiger partial charge on any atom is -0.377 e. The van der Waals surface area contributed by atoms with Crippen molar-refractivity contribution in [1.82, 2.24) is 0 Å². The van der Waals surface area contributed by atoms with Crippen molar-refractivity contribution in [2.45, 2.75) is 19.9 Å². The zero-order valence-corrected chi connectivity index (χ0v) is 12.3. The van der Waals surface area contributed by atoms with Gasteiger partial charge in [0, 0.05) is 21.8 Å². The molecule has 0 saturated carbocycles. The largest absolute Gasteiger partial charge is 0.377 e. The molecule has 2 aromatic rings. The lowest BCUT2D eigenvalue weighted by atomic mass is 10.1. The Kier molecular flexibility index (Phi) is 4.20. The number of nitrogens with one attached hydrogen (secondary N) is 1. The van der Waals surface area contributed by atoms with E-state index in [-0.39, 0.29) is 6.04 Å². The first-order chi connectivity index (χ1) is 8.97. The molecular formula is C15H14BrF2N. The van der Waals surface area contributed by atoms with E-state index in [0.29, 0.717) is 5.56 Å². The van der Waals surface area contributed by atoms with E-state index in [1.807, 2.05) is 32.0 Å². The van der Waals surface area contributed by atoms with Crippen LogP contribution in [0.5, 0.6) is 0 Å². The Morgan fingerprint density at radius 3 is 2.53 bits per heavy atom. The molecule has 19 heavy (non-hydrogen) atoms. The zero-order valence-electron chi connectivity index (χ0n) is 10.7. The van der Waals surface area contributed by atoms with Crippen LogP contribution < -0.4 is 5.32 Å². The van der Waals surface area contributed by atoms with Gasteiger partial charge in [0.15, 0.2) is 0 Å². The Balaban J connectivity index is 2.25. The first-order valence-corrected chi connectivity index (χ1v) is 6.74. The maximum absolute atomic E-state index is 13.7. The summed E-state index contributed by atoms with van der Waals surface area (Å²) in [5.41, 5.74) is 2.43. The standard InChI is InChI=1S/C15H14BrF2N/c1-9-3-6-13(16)15(7-9)19-10(2)12-5-4-11(17)8-14(12)18/h3-8,10,19H,1-2H3. The van der Waals surface area contributed by atoms with E-state index in [1.54, 1.807) is 0 Å². The van der Waals surface area contributed by atoms with E-state index in [2.05, 4.69) is 21.2 Å². The molecule has 2 rings (SSSR count). The average Bonchev–Trinajstić information content (AvgIpc) is 2.33. The smallest absolute Gasteiger partial charge is 0.131 e. The highest BCUT2D eigenvalue weighted by Gasteiger charge is 2.12. The fraction of sp³-hybridized carbons (Fsp3) is 0.200. The number of aryl methyl sites for hydroxylation is 1. The monoisotopic (exact) mass is 325 g/mol. The molecule has 1 N–H and O–H groups in total. The molecule has 2 aromatic carbocycles. The Labute approximate surface area is 119 Å². The second kappa shape index (κ2) is 5.70. The topological polar surface area (TPSA) is 12.0 Å². The summed E-state index contributed by atoms with van der Waals surface area (Å²) in [5.74, 6) is -1.10. The van der Waals surface area contributed by atoms with Crippen LogP contribution >= 0.6 is 15.9 Å². The summed E-state index contributed by atoms with van der Waals surface area (Å²) in [6.45, 7) is 3.83. The normalized spacial score (nSPS) is 12.3. The molecule has 0 amide bonds. The molecule has 0 saturated heterocycles. The van der Waals surface area contributed by atoms with Crippen molar-refractivity contribution in [3.05, 3.63) is 63.6 Å². The number of rotatable bonds is 3.